The maximum absolute atomic E-state index is 13.1. The van der Waals surface area contributed by atoms with E-state index in [9.17, 15) is 13.2 Å². The maximum atomic E-state index is 13.1. The van der Waals surface area contributed by atoms with E-state index in [0.717, 1.165) is 10.8 Å². The standard InChI is InChI=1S/C24H20N2O4S/c1-30-23-16-15-21(18-11-5-6-12-19(18)23)25-24(27)20-13-7-8-14-22(20)26-31(28,29)17-9-3-2-4-10-17/h2-16,26H,1H3,(H,25,27). The third-order valence-electron chi connectivity index (χ3n) is 4.82. The van der Waals surface area contributed by atoms with Crippen molar-refractivity contribution in [3.8, 4) is 5.75 Å². The number of carbonyl (C=O) groups is 1. The normalized spacial score (nSPS) is 11.1. The Morgan fingerprint density at radius 2 is 1.39 bits per heavy atom. The predicted octanol–water partition coefficient (Wildman–Crippen LogP) is 4.90. The topological polar surface area (TPSA) is 84.5 Å². The van der Waals surface area contributed by atoms with Crippen molar-refractivity contribution in [1.82, 2.24) is 0 Å². The number of para-hydroxylation sites is 1. The molecule has 31 heavy (non-hydrogen) atoms. The fourth-order valence-corrected chi connectivity index (χ4v) is 4.42. The molecule has 0 bridgehead atoms. The number of hydrogen-bond donors (Lipinski definition) is 2. The van der Waals surface area contributed by atoms with Gasteiger partial charge >= 0.3 is 0 Å². The van der Waals surface area contributed by atoms with Gasteiger partial charge < -0.3 is 10.1 Å². The number of sulfonamides is 1. The molecule has 0 aliphatic heterocycles. The lowest BCUT2D eigenvalue weighted by molar-refractivity contribution is 0.102. The minimum Gasteiger partial charge on any atom is -0.496 e. The first-order valence-electron chi connectivity index (χ1n) is 9.53. The molecule has 0 unspecified atom stereocenters. The van der Waals surface area contributed by atoms with E-state index in [4.69, 9.17) is 4.74 Å². The first-order valence-corrected chi connectivity index (χ1v) is 11.0. The smallest absolute Gasteiger partial charge is 0.261 e. The van der Waals surface area contributed by atoms with Gasteiger partial charge in [-0.1, -0.05) is 54.6 Å². The number of ether oxygens (including phenoxy) is 1. The third kappa shape index (κ3) is 4.22. The molecule has 0 heterocycles. The zero-order valence-corrected chi connectivity index (χ0v) is 17.5. The van der Waals surface area contributed by atoms with Gasteiger partial charge in [0.2, 0.25) is 0 Å². The summed E-state index contributed by atoms with van der Waals surface area (Å²) in [5, 5.41) is 4.57. The SMILES string of the molecule is COc1ccc(NC(=O)c2ccccc2NS(=O)(=O)c2ccccc2)c2ccccc12. The molecule has 0 aromatic heterocycles. The van der Waals surface area contributed by atoms with Crippen LogP contribution in [0.2, 0.25) is 0 Å². The minimum atomic E-state index is -3.83. The van der Waals surface area contributed by atoms with Crippen molar-refractivity contribution in [2.24, 2.45) is 0 Å². The van der Waals surface area contributed by atoms with E-state index < -0.39 is 15.9 Å². The molecule has 7 heteroatoms. The van der Waals surface area contributed by atoms with E-state index in [0.29, 0.717) is 11.4 Å². The second-order valence-electron chi connectivity index (χ2n) is 6.78. The molecular weight excluding hydrogens is 412 g/mol. The molecule has 6 nitrogen and oxygen atoms in total. The molecule has 4 aromatic carbocycles. The summed E-state index contributed by atoms with van der Waals surface area (Å²) in [5.41, 5.74) is 1.01. The number of amides is 1. The Morgan fingerprint density at radius 3 is 2.13 bits per heavy atom. The fourth-order valence-electron chi connectivity index (χ4n) is 3.32. The van der Waals surface area contributed by atoms with Crippen LogP contribution in [0.25, 0.3) is 10.8 Å². The van der Waals surface area contributed by atoms with E-state index >= 15 is 0 Å². The number of nitrogens with one attached hydrogen (secondary N) is 2. The summed E-state index contributed by atoms with van der Waals surface area (Å²) >= 11 is 0. The lowest BCUT2D eigenvalue weighted by Gasteiger charge is -2.14. The molecule has 0 radical (unpaired) electrons. The van der Waals surface area contributed by atoms with Crippen molar-refractivity contribution in [3.63, 3.8) is 0 Å². The average molecular weight is 433 g/mol. The van der Waals surface area contributed by atoms with Gasteiger partial charge in [-0.25, -0.2) is 8.42 Å². The number of anilines is 2. The molecule has 2 N–H and O–H groups in total. The summed E-state index contributed by atoms with van der Waals surface area (Å²) in [4.78, 5) is 13.2. The summed E-state index contributed by atoms with van der Waals surface area (Å²) in [6, 6.07) is 25.6. The lowest BCUT2D eigenvalue weighted by atomic mass is 10.1. The van der Waals surface area contributed by atoms with Gasteiger partial charge in [-0.2, -0.15) is 0 Å². The summed E-state index contributed by atoms with van der Waals surface area (Å²) < 4.78 is 33.4. The first-order chi connectivity index (χ1) is 15.0. The minimum absolute atomic E-state index is 0.117. The van der Waals surface area contributed by atoms with Crippen molar-refractivity contribution in [1.29, 1.82) is 0 Å². The van der Waals surface area contributed by atoms with Gasteiger partial charge in [0.15, 0.2) is 0 Å². The lowest BCUT2D eigenvalue weighted by Crippen LogP contribution is -2.18. The highest BCUT2D eigenvalue weighted by Gasteiger charge is 2.19. The molecule has 0 aliphatic carbocycles. The molecule has 0 atom stereocenters. The molecule has 0 saturated carbocycles. The highest BCUT2D eigenvalue weighted by atomic mass is 32.2. The molecular formula is C24H20N2O4S. The van der Waals surface area contributed by atoms with Crippen LogP contribution in [0.1, 0.15) is 10.4 Å². The molecule has 156 valence electrons. The van der Waals surface area contributed by atoms with E-state index in [2.05, 4.69) is 10.0 Å². The summed E-state index contributed by atoms with van der Waals surface area (Å²) in [5.74, 6) is 0.270. The van der Waals surface area contributed by atoms with Crippen molar-refractivity contribution in [3.05, 3.63) is 96.6 Å². The van der Waals surface area contributed by atoms with Gasteiger partial charge in [0.1, 0.15) is 5.75 Å². The van der Waals surface area contributed by atoms with Crippen LogP contribution in [0.4, 0.5) is 11.4 Å². The van der Waals surface area contributed by atoms with Gasteiger partial charge in [0.25, 0.3) is 15.9 Å². The number of methoxy groups -OCH3 is 1. The van der Waals surface area contributed by atoms with E-state index in [1.807, 2.05) is 24.3 Å². The number of benzene rings is 4. The highest BCUT2D eigenvalue weighted by Crippen LogP contribution is 2.32. The average Bonchev–Trinajstić information content (AvgIpc) is 2.80. The Balaban J connectivity index is 1.66. The van der Waals surface area contributed by atoms with Gasteiger partial charge in [-0.15, -0.1) is 0 Å². The number of rotatable bonds is 6. The molecule has 0 aliphatic rings. The quantitative estimate of drug-likeness (QED) is 0.454. The van der Waals surface area contributed by atoms with Crippen LogP contribution in [-0.2, 0) is 10.0 Å². The molecule has 0 saturated heterocycles. The zero-order valence-electron chi connectivity index (χ0n) is 16.7. The second kappa shape index (κ2) is 8.49. The Hall–Kier alpha value is -3.84. The largest absolute Gasteiger partial charge is 0.496 e. The Kier molecular flexibility index (Phi) is 5.60. The number of fused-ring (bicyclic) bond motifs is 1. The van der Waals surface area contributed by atoms with Crippen molar-refractivity contribution in [2.75, 3.05) is 17.1 Å². The van der Waals surface area contributed by atoms with Gasteiger partial charge in [-0.05, 0) is 36.4 Å². The second-order valence-corrected chi connectivity index (χ2v) is 8.46. The van der Waals surface area contributed by atoms with Crippen LogP contribution < -0.4 is 14.8 Å². The van der Waals surface area contributed by atoms with Crippen molar-refractivity contribution >= 4 is 38.1 Å². The summed E-state index contributed by atoms with van der Waals surface area (Å²) in [7, 11) is -2.24. The van der Waals surface area contributed by atoms with Crippen molar-refractivity contribution in [2.45, 2.75) is 4.90 Å². The molecule has 1 amide bonds. The Labute approximate surface area is 180 Å². The van der Waals surface area contributed by atoms with Crippen LogP contribution in [0.5, 0.6) is 5.75 Å². The summed E-state index contributed by atoms with van der Waals surface area (Å²) in [6.45, 7) is 0. The number of hydrogen-bond acceptors (Lipinski definition) is 4. The van der Waals surface area contributed by atoms with E-state index in [1.54, 1.807) is 61.7 Å². The predicted molar refractivity (Wildman–Crippen MR) is 122 cm³/mol. The van der Waals surface area contributed by atoms with E-state index in [-0.39, 0.29) is 16.1 Å². The van der Waals surface area contributed by atoms with Gasteiger partial charge in [0.05, 0.1) is 23.3 Å². The van der Waals surface area contributed by atoms with Gasteiger partial charge in [-0.3, -0.25) is 9.52 Å². The molecule has 4 rings (SSSR count). The third-order valence-corrected chi connectivity index (χ3v) is 6.20. The maximum Gasteiger partial charge on any atom is 0.261 e. The highest BCUT2D eigenvalue weighted by molar-refractivity contribution is 7.92. The number of carbonyl (C=O) groups excluding carboxylic acids is 1. The van der Waals surface area contributed by atoms with Crippen LogP contribution >= 0.6 is 0 Å². The summed E-state index contributed by atoms with van der Waals surface area (Å²) in [6.07, 6.45) is 0. The van der Waals surface area contributed by atoms with Crippen LogP contribution in [0, 0.1) is 0 Å². The van der Waals surface area contributed by atoms with Crippen molar-refractivity contribution < 1.29 is 17.9 Å². The fraction of sp³-hybridized carbons (Fsp3) is 0.0417. The van der Waals surface area contributed by atoms with Gasteiger partial charge in [0, 0.05) is 16.5 Å². The molecule has 4 aromatic rings. The first kappa shape index (κ1) is 20.4. The monoisotopic (exact) mass is 432 g/mol. The Morgan fingerprint density at radius 1 is 0.742 bits per heavy atom. The van der Waals surface area contributed by atoms with Crippen LogP contribution in [-0.4, -0.2) is 21.4 Å². The van der Waals surface area contributed by atoms with Crippen LogP contribution in [0.3, 0.4) is 0 Å². The molecule has 0 fully saturated rings. The van der Waals surface area contributed by atoms with Crippen LogP contribution in [0.15, 0.2) is 95.9 Å². The zero-order chi connectivity index (χ0) is 21.8. The Bertz CT molecular complexity index is 1350. The molecule has 0 spiro atoms. The van der Waals surface area contributed by atoms with E-state index in [1.165, 1.54) is 12.1 Å².